The van der Waals surface area contributed by atoms with Gasteiger partial charge >= 0.3 is 0 Å². The van der Waals surface area contributed by atoms with E-state index in [-0.39, 0.29) is 11.9 Å². The second-order valence-electron chi connectivity index (χ2n) is 5.06. The van der Waals surface area contributed by atoms with Crippen molar-refractivity contribution >= 4 is 5.91 Å². The van der Waals surface area contributed by atoms with Gasteiger partial charge in [-0.25, -0.2) is 0 Å². The first-order valence-electron chi connectivity index (χ1n) is 6.98. The zero-order valence-electron chi connectivity index (χ0n) is 12.9. The van der Waals surface area contributed by atoms with Crippen LogP contribution in [-0.2, 0) is 0 Å². The molecule has 2 aromatic carbocycles. The van der Waals surface area contributed by atoms with Gasteiger partial charge in [-0.1, -0.05) is 18.2 Å². The van der Waals surface area contributed by atoms with E-state index in [1.165, 1.54) is 0 Å². The Kier molecular flexibility index (Phi) is 4.80. The summed E-state index contributed by atoms with van der Waals surface area (Å²) in [5, 5.41) is 8.93. The molecule has 0 aliphatic heterocycles. The summed E-state index contributed by atoms with van der Waals surface area (Å²) in [5.41, 5.74) is 2.02. The van der Waals surface area contributed by atoms with Crippen molar-refractivity contribution in [2.75, 3.05) is 14.2 Å². The standard InChI is InChI=1S/C18H18N2O2/c1-13(15-7-9-17(22-3)10-8-15)20(2)18(21)16-6-4-5-14(11-16)12-19/h4-11,13H,1-3H3. The van der Waals surface area contributed by atoms with E-state index in [0.29, 0.717) is 11.1 Å². The molecule has 2 rings (SSSR count). The molecule has 0 fully saturated rings. The summed E-state index contributed by atoms with van der Waals surface area (Å²) in [6.07, 6.45) is 0. The van der Waals surface area contributed by atoms with E-state index >= 15 is 0 Å². The van der Waals surface area contributed by atoms with Gasteiger partial charge < -0.3 is 9.64 Å². The van der Waals surface area contributed by atoms with E-state index in [9.17, 15) is 4.79 Å². The quantitative estimate of drug-likeness (QED) is 0.868. The van der Waals surface area contributed by atoms with E-state index in [1.807, 2.05) is 31.2 Å². The molecule has 1 amide bonds. The van der Waals surface area contributed by atoms with Crippen LogP contribution >= 0.6 is 0 Å². The van der Waals surface area contributed by atoms with Gasteiger partial charge in [0.25, 0.3) is 5.91 Å². The van der Waals surface area contributed by atoms with Crippen molar-refractivity contribution in [1.82, 2.24) is 4.90 Å². The molecule has 0 saturated heterocycles. The molecule has 0 bridgehead atoms. The van der Waals surface area contributed by atoms with Crippen LogP contribution in [0.15, 0.2) is 48.5 Å². The Hall–Kier alpha value is -2.80. The molecule has 0 radical (unpaired) electrons. The number of nitrogens with zero attached hydrogens (tertiary/aromatic N) is 2. The van der Waals surface area contributed by atoms with Gasteiger partial charge in [-0.2, -0.15) is 5.26 Å². The number of amides is 1. The van der Waals surface area contributed by atoms with Crippen LogP contribution in [0.2, 0.25) is 0 Å². The lowest BCUT2D eigenvalue weighted by atomic mass is 10.1. The minimum absolute atomic E-state index is 0.0795. The third-order valence-electron chi connectivity index (χ3n) is 3.74. The highest BCUT2D eigenvalue weighted by molar-refractivity contribution is 5.94. The van der Waals surface area contributed by atoms with Crippen molar-refractivity contribution in [3.63, 3.8) is 0 Å². The van der Waals surface area contributed by atoms with Crippen molar-refractivity contribution < 1.29 is 9.53 Å². The van der Waals surface area contributed by atoms with Crippen LogP contribution in [0.4, 0.5) is 0 Å². The van der Waals surface area contributed by atoms with E-state index in [1.54, 1.807) is 43.3 Å². The molecule has 112 valence electrons. The van der Waals surface area contributed by atoms with Gasteiger partial charge in [0.15, 0.2) is 0 Å². The lowest BCUT2D eigenvalue weighted by molar-refractivity contribution is 0.0742. The molecule has 1 unspecified atom stereocenters. The van der Waals surface area contributed by atoms with Crippen LogP contribution in [-0.4, -0.2) is 25.0 Å². The molecule has 1 atom stereocenters. The maximum Gasteiger partial charge on any atom is 0.254 e. The number of nitriles is 1. The summed E-state index contributed by atoms with van der Waals surface area (Å²) in [4.78, 5) is 14.2. The number of rotatable bonds is 4. The highest BCUT2D eigenvalue weighted by atomic mass is 16.5. The van der Waals surface area contributed by atoms with Crippen LogP contribution in [0.1, 0.15) is 34.5 Å². The Bertz CT molecular complexity index is 702. The molecular formula is C18H18N2O2. The van der Waals surface area contributed by atoms with E-state index in [4.69, 9.17) is 10.00 Å². The average molecular weight is 294 g/mol. The summed E-state index contributed by atoms with van der Waals surface area (Å²) in [6, 6.07) is 16.3. The van der Waals surface area contributed by atoms with Gasteiger partial charge in [-0.15, -0.1) is 0 Å². The van der Waals surface area contributed by atoms with Gasteiger partial charge in [0, 0.05) is 12.6 Å². The van der Waals surface area contributed by atoms with Gasteiger partial charge in [-0.05, 0) is 42.8 Å². The summed E-state index contributed by atoms with van der Waals surface area (Å²) in [6.45, 7) is 1.97. The van der Waals surface area contributed by atoms with Gasteiger partial charge in [0.2, 0.25) is 0 Å². The number of hydrogen-bond donors (Lipinski definition) is 0. The maximum atomic E-state index is 12.5. The maximum absolute atomic E-state index is 12.5. The van der Waals surface area contributed by atoms with Crippen LogP contribution in [0, 0.1) is 11.3 Å². The molecule has 0 aliphatic carbocycles. The number of benzene rings is 2. The third-order valence-corrected chi connectivity index (χ3v) is 3.74. The third kappa shape index (κ3) is 3.26. The van der Waals surface area contributed by atoms with E-state index in [0.717, 1.165) is 11.3 Å². The zero-order chi connectivity index (χ0) is 16.1. The fraction of sp³-hybridized carbons (Fsp3) is 0.222. The Morgan fingerprint density at radius 3 is 2.50 bits per heavy atom. The Labute approximate surface area is 130 Å². The van der Waals surface area contributed by atoms with Crippen LogP contribution in [0.5, 0.6) is 5.75 Å². The summed E-state index contributed by atoms with van der Waals surface area (Å²) in [7, 11) is 3.38. The highest BCUT2D eigenvalue weighted by Crippen LogP contribution is 2.23. The van der Waals surface area contributed by atoms with Crippen LogP contribution < -0.4 is 4.74 Å². The molecule has 4 nitrogen and oxygen atoms in total. The fourth-order valence-corrected chi connectivity index (χ4v) is 2.21. The fourth-order valence-electron chi connectivity index (χ4n) is 2.21. The summed E-state index contributed by atoms with van der Waals surface area (Å²) in [5.74, 6) is 0.673. The average Bonchev–Trinajstić information content (AvgIpc) is 2.59. The molecular weight excluding hydrogens is 276 g/mol. The molecule has 0 saturated carbocycles. The molecule has 0 aliphatic rings. The predicted molar refractivity (Wildman–Crippen MR) is 84.7 cm³/mol. The minimum atomic E-state index is -0.111. The van der Waals surface area contributed by atoms with Gasteiger partial charge in [-0.3, -0.25) is 4.79 Å². The molecule has 0 spiro atoms. The van der Waals surface area contributed by atoms with Crippen molar-refractivity contribution in [1.29, 1.82) is 5.26 Å². The number of ether oxygens (including phenoxy) is 1. The Morgan fingerprint density at radius 2 is 1.91 bits per heavy atom. The molecule has 22 heavy (non-hydrogen) atoms. The predicted octanol–water partition coefficient (Wildman–Crippen LogP) is 3.40. The first-order valence-corrected chi connectivity index (χ1v) is 6.98. The number of hydrogen-bond acceptors (Lipinski definition) is 3. The van der Waals surface area contributed by atoms with E-state index < -0.39 is 0 Å². The number of carbonyl (C=O) groups excluding carboxylic acids is 1. The van der Waals surface area contributed by atoms with Crippen molar-refractivity contribution in [2.24, 2.45) is 0 Å². The topological polar surface area (TPSA) is 53.3 Å². The zero-order valence-corrected chi connectivity index (χ0v) is 12.9. The van der Waals surface area contributed by atoms with Crippen molar-refractivity contribution in [2.45, 2.75) is 13.0 Å². The largest absolute Gasteiger partial charge is 0.497 e. The molecule has 0 aromatic heterocycles. The summed E-state index contributed by atoms with van der Waals surface area (Å²) < 4.78 is 5.14. The molecule has 4 heteroatoms. The van der Waals surface area contributed by atoms with Crippen molar-refractivity contribution in [3.8, 4) is 11.8 Å². The number of carbonyl (C=O) groups is 1. The second-order valence-corrected chi connectivity index (χ2v) is 5.06. The van der Waals surface area contributed by atoms with Crippen LogP contribution in [0.3, 0.4) is 0 Å². The monoisotopic (exact) mass is 294 g/mol. The molecule has 0 N–H and O–H groups in total. The highest BCUT2D eigenvalue weighted by Gasteiger charge is 2.19. The van der Waals surface area contributed by atoms with E-state index in [2.05, 4.69) is 6.07 Å². The van der Waals surface area contributed by atoms with Crippen molar-refractivity contribution in [3.05, 3.63) is 65.2 Å². The normalized spacial score (nSPS) is 11.4. The number of methoxy groups -OCH3 is 1. The Morgan fingerprint density at radius 1 is 1.23 bits per heavy atom. The first-order chi connectivity index (χ1) is 10.6. The smallest absolute Gasteiger partial charge is 0.254 e. The first kappa shape index (κ1) is 15.6. The second kappa shape index (κ2) is 6.77. The lowest BCUT2D eigenvalue weighted by Crippen LogP contribution is -2.29. The minimum Gasteiger partial charge on any atom is -0.497 e. The van der Waals surface area contributed by atoms with Crippen LogP contribution in [0.25, 0.3) is 0 Å². The van der Waals surface area contributed by atoms with Gasteiger partial charge in [0.1, 0.15) is 5.75 Å². The molecule has 2 aromatic rings. The Balaban J connectivity index is 2.19. The lowest BCUT2D eigenvalue weighted by Gasteiger charge is -2.25. The molecule has 0 heterocycles. The van der Waals surface area contributed by atoms with Gasteiger partial charge in [0.05, 0.1) is 24.8 Å². The summed E-state index contributed by atoms with van der Waals surface area (Å²) >= 11 is 0. The SMILES string of the molecule is COc1ccc(C(C)N(C)C(=O)c2cccc(C#N)c2)cc1.